The minimum Gasteiger partial charge on any atom is -0.314 e. The van der Waals surface area contributed by atoms with E-state index in [1.165, 1.54) is 70.6 Å². The Bertz CT molecular complexity index is 165. The van der Waals surface area contributed by atoms with Crippen LogP contribution in [-0.4, -0.2) is 12.6 Å². The summed E-state index contributed by atoms with van der Waals surface area (Å²) in [5, 5.41) is 3.67. The lowest BCUT2D eigenvalue weighted by atomic mass is 9.98. The van der Waals surface area contributed by atoms with E-state index in [1.54, 1.807) is 0 Å². The van der Waals surface area contributed by atoms with Gasteiger partial charge >= 0.3 is 0 Å². The van der Waals surface area contributed by atoms with Crippen LogP contribution in [0.3, 0.4) is 0 Å². The molecule has 19 heavy (non-hydrogen) atoms. The van der Waals surface area contributed by atoms with Gasteiger partial charge in [-0.3, -0.25) is 0 Å². The molecule has 0 saturated heterocycles. The van der Waals surface area contributed by atoms with Crippen LogP contribution >= 0.6 is 0 Å². The van der Waals surface area contributed by atoms with E-state index in [9.17, 15) is 0 Å². The van der Waals surface area contributed by atoms with Gasteiger partial charge in [0.2, 0.25) is 0 Å². The van der Waals surface area contributed by atoms with Crippen LogP contribution in [-0.2, 0) is 0 Å². The third-order valence-corrected chi connectivity index (χ3v) is 3.98. The molecule has 0 aromatic heterocycles. The van der Waals surface area contributed by atoms with Gasteiger partial charge in [0.1, 0.15) is 0 Å². The first-order chi connectivity index (χ1) is 9.20. The normalized spacial score (nSPS) is 13.1. The molecule has 1 atom stereocenters. The number of rotatable bonds is 14. The molecule has 0 fully saturated rings. The number of unbranched alkanes of at least 4 members (excludes halogenated alkanes) is 6. The van der Waals surface area contributed by atoms with Gasteiger partial charge in [-0.25, -0.2) is 0 Å². The maximum Gasteiger partial charge on any atom is 0.00669 e. The van der Waals surface area contributed by atoms with Crippen LogP contribution in [0.5, 0.6) is 0 Å². The van der Waals surface area contributed by atoms with Crippen LogP contribution < -0.4 is 5.32 Å². The lowest BCUT2D eigenvalue weighted by molar-refractivity contribution is 0.409. The summed E-state index contributed by atoms with van der Waals surface area (Å²) in [5.41, 5.74) is 0. The molecule has 1 unspecified atom stereocenters. The van der Waals surface area contributed by atoms with Gasteiger partial charge < -0.3 is 5.32 Å². The predicted molar refractivity (Wildman–Crippen MR) is 88.8 cm³/mol. The van der Waals surface area contributed by atoms with E-state index >= 15 is 0 Å². The first-order valence-corrected chi connectivity index (χ1v) is 8.94. The highest BCUT2D eigenvalue weighted by molar-refractivity contribution is 4.66. The molecule has 0 amide bonds. The van der Waals surface area contributed by atoms with Gasteiger partial charge in [0.15, 0.2) is 0 Å². The standard InChI is InChI=1S/C18H39N/c1-5-7-8-9-10-11-12-15-18(19-6-2)16-13-14-17(3)4/h17-19H,5-16H2,1-4H3. The van der Waals surface area contributed by atoms with Gasteiger partial charge in [-0.05, 0) is 25.3 Å². The Morgan fingerprint density at radius 1 is 0.684 bits per heavy atom. The Kier molecular flexibility index (Phi) is 14.3. The molecule has 0 aliphatic heterocycles. The van der Waals surface area contributed by atoms with Gasteiger partial charge in [0.05, 0.1) is 0 Å². The number of nitrogens with one attached hydrogen (secondary N) is 1. The van der Waals surface area contributed by atoms with Gasteiger partial charge in [-0.1, -0.05) is 85.5 Å². The SMILES string of the molecule is CCCCCCCCCC(CCCC(C)C)NCC. The molecule has 1 nitrogen and oxygen atoms in total. The summed E-state index contributed by atoms with van der Waals surface area (Å²) >= 11 is 0. The molecule has 0 radical (unpaired) electrons. The lowest BCUT2D eigenvalue weighted by Crippen LogP contribution is -2.28. The van der Waals surface area contributed by atoms with E-state index in [1.807, 2.05) is 0 Å². The Morgan fingerprint density at radius 2 is 1.26 bits per heavy atom. The third-order valence-electron chi connectivity index (χ3n) is 3.98. The zero-order chi connectivity index (χ0) is 14.3. The maximum atomic E-state index is 3.67. The first kappa shape index (κ1) is 19.0. The Hall–Kier alpha value is -0.0400. The maximum absolute atomic E-state index is 3.67. The molecular formula is C18H39N. The second kappa shape index (κ2) is 14.4. The largest absolute Gasteiger partial charge is 0.314 e. The van der Waals surface area contributed by atoms with Crippen LogP contribution in [0.4, 0.5) is 0 Å². The molecule has 1 heteroatoms. The molecule has 0 aliphatic rings. The summed E-state index contributed by atoms with van der Waals surface area (Å²) in [6, 6.07) is 0.777. The molecule has 0 rings (SSSR count). The van der Waals surface area contributed by atoms with Gasteiger partial charge in [0.25, 0.3) is 0 Å². The topological polar surface area (TPSA) is 12.0 Å². The number of hydrogen-bond acceptors (Lipinski definition) is 1. The van der Waals surface area contributed by atoms with Crippen molar-refractivity contribution in [2.75, 3.05) is 6.54 Å². The highest BCUT2D eigenvalue weighted by Crippen LogP contribution is 2.14. The monoisotopic (exact) mass is 269 g/mol. The van der Waals surface area contributed by atoms with Crippen LogP contribution in [0.15, 0.2) is 0 Å². The zero-order valence-electron chi connectivity index (χ0n) is 14.1. The van der Waals surface area contributed by atoms with Crippen LogP contribution in [0.25, 0.3) is 0 Å². The summed E-state index contributed by atoms with van der Waals surface area (Å²) in [7, 11) is 0. The van der Waals surface area contributed by atoms with E-state index in [-0.39, 0.29) is 0 Å². The van der Waals surface area contributed by atoms with Crippen molar-refractivity contribution in [3.8, 4) is 0 Å². The minimum absolute atomic E-state index is 0.777. The van der Waals surface area contributed by atoms with Crippen LogP contribution in [0.2, 0.25) is 0 Å². The second-order valence-corrected chi connectivity index (χ2v) is 6.49. The highest BCUT2D eigenvalue weighted by atomic mass is 14.9. The Labute approximate surface area is 122 Å². The van der Waals surface area contributed by atoms with Crippen molar-refractivity contribution in [3.63, 3.8) is 0 Å². The molecule has 1 N–H and O–H groups in total. The fourth-order valence-corrected chi connectivity index (χ4v) is 2.76. The first-order valence-electron chi connectivity index (χ1n) is 8.94. The predicted octanol–water partition coefficient (Wildman–Crippen LogP) is 5.93. The van der Waals surface area contributed by atoms with Crippen molar-refractivity contribution in [1.29, 1.82) is 0 Å². The van der Waals surface area contributed by atoms with E-state index in [2.05, 4.69) is 33.0 Å². The quantitative estimate of drug-likeness (QED) is 0.385. The van der Waals surface area contributed by atoms with Gasteiger partial charge in [-0.2, -0.15) is 0 Å². The van der Waals surface area contributed by atoms with Crippen molar-refractivity contribution >= 4 is 0 Å². The van der Waals surface area contributed by atoms with Crippen molar-refractivity contribution in [2.24, 2.45) is 5.92 Å². The summed E-state index contributed by atoms with van der Waals surface area (Å²) in [6.07, 6.45) is 15.5. The fraction of sp³-hybridized carbons (Fsp3) is 1.00. The minimum atomic E-state index is 0.777. The summed E-state index contributed by atoms with van der Waals surface area (Å²) in [5.74, 6) is 0.862. The van der Waals surface area contributed by atoms with E-state index < -0.39 is 0 Å². The van der Waals surface area contributed by atoms with E-state index in [0.29, 0.717) is 0 Å². The van der Waals surface area contributed by atoms with Crippen molar-refractivity contribution in [3.05, 3.63) is 0 Å². The summed E-state index contributed by atoms with van der Waals surface area (Å²) in [6.45, 7) is 10.3. The molecule has 0 spiro atoms. The molecule has 0 saturated carbocycles. The fourth-order valence-electron chi connectivity index (χ4n) is 2.76. The van der Waals surface area contributed by atoms with Crippen LogP contribution in [0, 0.1) is 5.92 Å². The average molecular weight is 270 g/mol. The van der Waals surface area contributed by atoms with Gasteiger partial charge in [-0.15, -0.1) is 0 Å². The molecule has 0 aromatic carbocycles. The van der Waals surface area contributed by atoms with E-state index in [0.717, 1.165) is 18.5 Å². The number of hydrogen-bond donors (Lipinski definition) is 1. The third kappa shape index (κ3) is 14.2. The lowest BCUT2D eigenvalue weighted by Gasteiger charge is -2.18. The average Bonchev–Trinajstić information content (AvgIpc) is 2.37. The van der Waals surface area contributed by atoms with Crippen molar-refractivity contribution in [2.45, 2.75) is 104 Å². The molecular weight excluding hydrogens is 230 g/mol. The Balaban J connectivity index is 3.47. The zero-order valence-corrected chi connectivity index (χ0v) is 14.1. The smallest absolute Gasteiger partial charge is 0.00669 e. The molecule has 0 heterocycles. The summed E-state index contributed by atoms with van der Waals surface area (Å²) < 4.78 is 0. The molecule has 0 aromatic rings. The van der Waals surface area contributed by atoms with Crippen molar-refractivity contribution in [1.82, 2.24) is 5.32 Å². The highest BCUT2D eigenvalue weighted by Gasteiger charge is 2.07. The molecule has 0 aliphatic carbocycles. The Morgan fingerprint density at radius 3 is 1.84 bits per heavy atom. The van der Waals surface area contributed by atoms with Gasteiger partial charge in [0, 0.05) is 6.04 Å². The van der Waals surface area contributed by atoms with E-state index in [4.69, 9.17) is 0 Å². The van der Waals surface area contributed by atoms with Crippen LogP contribution in [0.1, 0.15) is 98.3 Å². The second-order valence-electron chi connectivity index (χ2n) is 6.49. The molecule has 116 valence electrons. The summed E-state index contributed by atoms with van der Waals surface area (Å²) in [4.78, 5) is 0. The van der Waals surface area contributed by atoms with Crippen molar-refractivity contribution < 1.29 is 0 Å². The molecule has 0 bridgehead atoms.